The van der Waals surface area contributed by atoms with Gasteiger partial charge in [0.05, 0.1) is 28.9 Å². The summed E-state index contributed by atoms with van der Waals surface area (Å²) in [6.07, 6.45) is 0.642. The summed E-state index contributed by atoms with van der Waals surface area (Å²) in [7, 11) is -2.40. The highest BCUT2D eigenvalue weighted by atomic mass is 32.2. The molecule has 2 aliphatic rings. The van der Waals surface area contributed by atoms with Gasteiger partial charge in [-0.05, 0) is 48.4 Å². The average Bonchev–Trinajstić information content (AvgIpc) is 3.33. The van der Waals surface area contributed by atoms with Crippen LogP contribution < -0.4 is 13.9 Å². The van der Waals surface area contributed by atoms with Crippen molar-refractivity contribution in [3.8, 4) is 5.75 Å². The van der Waals surface area contributed by atoms with Crippen molar-refractivity contribution in [3.05, 3.63) is 83.7 Å². The molecule has 5 rings (SSSR count). The Kier molecular flexibility index (Phi) is 6.10. The van der Waals surface area contributed by atoms with E-state index < -0.39 is 10.0 Å². The lowest BCUT2D eigenvalue weighted by Gasteiger charge is -2.36. The Labute approximate surface area is 204 Å². The molecule has 7 nitrogen and oxygen atoms in total. The lowest BCUT2D eigenvalue weighted by molar-refractivity contribution is 0.0743. The first-order valence-electron chi connectivity index (χ1n) is 11.5. The molecule has 182 valence electrons. The van der Waals surface area contributed by atoms with E-state index in [2.05, 4.69) is 0 Å². The largest absolute Gasteiger partial charge is 0.496 e. The van der Waals surface area contributed by atoms with Gasteiger partial charge in [-0.15, -0.1) is 0 Å². The van der Waals surface area contributed by atoms with Gasteiger partial charge >= 0.3 is 0 Å². The van der Waals surface area contributed by atoms with Gasteiger partial charge in [0.1, 0.15) is 11.6 Å². The number of carbonyl (C=O) groups excluding carboxylic acids is 1. The zero-order valence-electron chi connectivity index (χ0n) is 19.4. The number of rotatable bonds is 5. The molecule has 0 unspecified atom stereocenters. The molecule has 0 bridgehead atoms. The maximum absolute atomic E-state index is 14.2. The molecule has 1 saturated heterocycles. The fraction of sp³-hybridized carbons (Fsp3) is 0.269. The van der Waals surface area contributed by atoms with Gasteiger partial charge in [-0.1, -0.05) is 30.3 Å². The second kappa shape index (κ2) is 9.22. The van der Waals surface area contributed by atoms with Crippen LogP contribution in [0.3, 0.4) is 0 Å². The van der Waals surface area contributed by atoms with Crippen LogP contribution in [0.25, 0.3) is 0 Å². The topological polar surface area (TPSA) is 70.2 Å². The van der Waals surface area contributed by atoms with E-state index in [4.69, 9.17) is 4.74 Å². The van der Waals surface area contributed by atoms with E-state index in [0.717, 1.165) is 5.56 Å². The fourth-order valence-corrected chi connectivity index (χ4v) is 6.26. The molecule has 0 spiro atoms. The van der Waals surface area contributed by atoms with Gasteiger partial charge in [0.25, 0.3) is 15.9 Å². The second-order valence-corrected chi connectivity index (χ2v) is 10.4. The standard InChI is InChI=1S/C26H26FN3O4S/c1-34-25-11-10-20(35(32,33)30-13-12-19-6-2-4-8-23(19)30)18-21(25)26(31)29-16-14-28(15-17-29)24-9-5-3-7-22(24)27/h2-11,18H,12-17H2,1H3. The number of anilines is 2. The number of sulfonamides is 1. The number of carbonyl (C=O) groups is 1. The Bertz CT molecular complexity index is 1370. The molecule has 2 heterocycles. The Hall–Kier alpha value is -3.59. The van der Waals surface area contributed by atoms with Gasteiger partial charge in [0, 0.05) is 32.7 Å². The van der Waals surface area contributed by atoms with E-state index in [-0.39, 0.29) is 22.2 Å². The third kappa shape index (κ3) is 4.20. The number of hydrogen-bond donors (Lipinski definition) is 0. The molecule has 0 radical (unpaired) electrons. The number of para-hydroxylation sites is 2. The Morgan fingerprint density at radius 3 is 2.29 bits per heavy atom. The zero-order chi connectivity index (χ0) is 24.6. The Balaban J connectivity index is 1.39. The average molecular weight is 496 g/mol. The minimum absolute atomic E-state index is 0.0448. The molecule has 2 aliphatic heterocycles. The quantitative estimate of drug-likeness (QED) is 0.542. The summed E-state index contributed by atoms with van der Waals surface area (Å²) in [4.78, 5) is 17.0. The summed E-state index contributed by atoms with van der Waals surface area (Å²) in [6.45, 7) is 2.06. The van der Waals surface area contributed by atoms with Crippen molar-refractivity contribution in [2.24, 2.45) is 0 Å². The summed E-state index contributed by atoms with van der Waals surface area (Å²) in [5.41, 5.74) is 2.35. The molecule has 0 aliphatic carbocycles. The van der Waals surface area contributed by atoms with Gasteiger partial charge in [0.15, 0.2) is 0 Å². The van der Waals surface area contributed by atoms with E-state index in [1.807, 2.05) is 23.1 Å². The van der Waals surface area contributed by atoms with Crippen LogP contribution in [-0.4, -0.2) is 59.1 Å². The van der Waals surface area contributed by atoms with Crippen molar-refractivity contribution in [3.63, 3.8) is 0 Å². The van der Waals surface area contributed by atoms with Crippen LogP contribution in [0.4, 0.5) is 15.8 Å². The molecule has 0 saturated carbocycles. The predicted octanol–water partition coefficient (Wildman–Crippen LogP) is 3.55. The normalized spacial score (nSPS) is 15.8. The SMILES string of the molecule is COc1ccc(S(=O)(=O)N2CCc3ccccc32)cc1C(=O)N1CCN(c2ccccc2F)CC1. The number of ether oxygens (including phenoxy) is 1. The van der Waals surface area contributed by atoms with Crippen LogP contribution in [0.5, 0.6) is 5.75 Å². The maximum atomic E-state index is 14.2. The fourth-order valence-electron chi connectivity index (χ4n) is 4.73. The van der Waals surface area contributed by atoms with Crippen LogP contribution >= 0.6 is 0 Å². The first-order chi connectivity index (χ1) is 16.9. The highest BCUT2D eigenvalue weighted by Crippen LogP contribution is 2.34. The van der Waals surface area contributed by atoms with E-state index in [1.54, 1.807) is 29.2 Å². The van der Waals surface area contributed by atoms with E-state index in [1.165, 1.54) is 35.7 Å². The number of halogens is 1. The minimum atomic E-state index is -3.86. The molecule has 9 heteroatoms. The second-order valence-electron chi connectivity index (χ2n) is 8.55. The summed E-state index contributed by atoms with van der Waals surface area (Å²) < 4.78 is 48.0. The molecule has 1 fully saturated rings. The van der Waals surface area contributed by atoms with Crippen LogP contribution in [0.2, 0.25) is 0 Å². The van der Waals surface area contributed by atoms with Gasteiger partial charge < -0.3 is 14.5 Å². The molecule has 0 atom stereocenters. The van der Waals surface area contributed by atoms with E-state index in [0.29, 0.717) is 56.3 Å². The first-order valence-corrected chi connectivity index (χ1v) is 12.9. The number of amides is 1. The molecule has 35 heavy (non-hydrogen) atoms. The highest BCUT2D eigenvalue weighted by molar-refractivity contribution is 7.92. The summed E-state index contributed by atoms with van der Waals surface area (Å²) in [6, 6.07) is 18.4. The molecule has 0 N–H and O–H groups in total. The maximum Gasteiger partial charge on any atom is 0.264 e. The van der Waals surface area contributed by atoms with Crippen LogP contribution in [0, 0.1) is 5.82 Å². The van der Waals surface area contributed by atoms with Crippen molar-refractivity contribution in [1.29, 1.82) is 0 Å². The monoisotopic (exact) mass is 495 g/mol. The number of methoxy groups -OCH3 is 1. The molecular weight excluding hydrogens is 469 g/mol. The lowest BCUT2D eigenvalue weighted by Crippen LogP contribution is -2.49. The molecule has 3 aromatic carbocycles. The van der Waals surface area contributed by atoms with Gasteiger partial charge in [-0.3, -0.25) is 9.10 Å². The third-order valence-corrected chi connectivity index (χ3v) is 8.40. The highest BCUT2D eigenvalue weighted by Gasteiger charge is 2.32. The van der Waals surface area contributed by atoms with Gasteiger partial charge in [0.2, 0.25) is 0 Å². The Morgan fingerprint density at radius 2 is 1.57 bits per heavy atom. The van der Waals surface area contributed by atoms with Crippen molar-refractivity contribution >= 4 is 27.3 Å². The van der Waals surface area contributed by atoms with Crippen molar-refractivity contribution in [2.75, 3.05) is 49.0 Å². The number of piperazine rings is 1. The number of benzene rings is 3. The van der Waals surface area contributed by atoms with Crippen LogP contribution in [0.15, 0.2) is 71.6 Å². The Morgan fingerprint density at radius 1 is 0.886 bits per heavy atom. The summed E-state index contributed by atoms with van der Waals surface area (Å²) in [5, 5.41) is 0. The summed E-state index contributed by atoms with van der Waals surface area (Å²) >= 11 is 0. The van der Waals surface area contributed by atoms with Crippen LogP contribution in [0.1, 0.15) is 15.9 Å². The van der Waals surface area contributed by atoms with E-state index in [9.17, 15) is 17.6 Å². The summed E-state index contributed by atoms with van der Waals surface area (Å²) in [5.74, 6) is -0.295. The van der Waals surface area contributed by atoms with E-state index >= 15 is 0 Å². The van der Waals surface area contributed by atoms with Gasteiger partial charge in [-0.2, -0.15) is 0 Å². The predicted molar refractivity (Wildman–Crippen MR) is 132 cm³/mol. The number of hydrogen-bond acceptors (Lipinski definition) is 5. The molecular formula is C26H26FN3O4S. The van der Waals surface area contributed by atoms with Crippen LogP contribution in [-0.2, 0) is 16.4 Å². The van der Waals surface area contributed by atoms with Gasteiger partial charge in [-0.25, -0.2) is 12.8 Å². The third-order valence-electron chi connectivity index (χ3n) is 6.59. The number of fused-ring (bicyclic) bond motifs is 1. The number of nitrogens with zero attached hydrogens (tertiary/aromatic N) is 3. The zero-order valence-corrected chi connectivity index (χ0v) is 20.2. The molecule has 1 amide bonds. The van der Waals surface area contributed by atoms with Crippen molar-refractivity contribution in [2.45, 2.75) is 11.3 Å². The smallest absolute Gasteiger partial charge is 0.264 e. The molecule has 0 aromatic heterocycles. The van der Waals surface area contributed by atoms with Crippen molar-refractivity contribution < 1.29 is 22.3 Å². The lowest BCUT2D eigenvalue weighted by atomic mass is 10.1. The minimum Gasteiger partial charge on any atom is -0.496 e. The first kappa shape index (κ1) is 23.2. The van der Waals surface area contributed by atoms with Crippen molar-refractivity contribution in [1.82, 2.24) is 4.90 Å². The molecule has 3 aromatic rings.